The summed E-state index contributed by atoms with van der Waals surface area (Å²) in [5.41, 5.74) is 8.58. The van der Waals surface area contributed by atoms with Crippen LogP contribution in [0.15, 0.2) is 53.5 Å². The fourth-order valence-corrected chi connectivity index (χ4v) is 4.58. The summed E-state index contributed by atoms with van der Waals surface area (Å²) in [6.45, 7) is 1.86. The Kier molecular flexibility index (Phi) is 10.4. The van der Waals surface area contributed by atoms with E-state index in [2.05, 4.69) is 4.98 Å². The van der Waals surface area contributed by atoms with Crippen molar-refractivity contribution in [1.29, 1.82) is 0 Å². The fraction of sp³-hybridized carbons (Fsp3) is 0.304. The van der Waals surface area contributed by atoms with Gasteiger partial charge in [-0.3, -0.25) is 9.78 Å². The summed E-state index contributed by atoms with van der Waals surface area (Å²) in [5, 5.41) is 0.696. The Morgan fingerprint density at radius 2 is 1.80 bits per heavy atom. The minimum atomic E-state index is -3.71. The Balaban J connectivity index is 0.00000306. The minimum absolute atomic E-state index is 0. The van der Waals surface area contributed by atoms with E-state index in [0.29, 0.717) is 33.3 Å². The van der Waals surface area contributed by atoms with Gasteiger partial charge in [0.05, 0.1) is 6.54 Å². The zero-order valence-corrected chi connectivity index (χ0v) is 22.6. The van der Waals surface area contributed by atoms with Crippen molar-refractivity contribution in [2.24, 2.45) is 5.73 Å². The van der Waals surface area contributed by atoms with Gasteiger partial charge in [0.25, 0.3) is 5.91 Å². The van der Waals surface area contributed by atoms with Crippen LogP contribution in [0.25, 0.3) is 22.0 Å². The van der Waals surface area contributed by atoms with Gasteiger partial charge in [0.1, 0.15) is 10.7 Å². The average molecular weight is 546 g/mol. The molecule has 2 N–H and O–H groups in total. The number of benzene rings is 1. The van der Waals surface area contributed by atoms with Crippen LogP contribution in [0.5, 0.6) is 0 Å². The van der Waals surface area contributed by atoms with E-state index in [1.807, 2.05) is 6.92 Å². The molecule has 2 aromatic heterocycles. The second-order valence-corrected chi connectivity index (χ2v) is 10.2. The van der Waals surface area contributed by atoms with Crippen LogP contribution in [-0.4, -0.2) is 67.8 Å². The predicted molar refractivity (Wildman–Crippen MR) is 142 cm³/mol. The molecule has 0 atom stereocenters. The first kappa shape index (κ1) is 30.5. The van der Waals surface area contributed by atoms with Crippen LogP contribution in [0, 0.1) is 6.92 Å². The van der Waals surface area contributed by atoms with Crippen LogP contribution >= 0.6 is 24.8 Å². The van der Waals surface area contributed by atoms with E-state index < -0.39 is 10.0 Å². The van der Waals surface area contributed by atoms with E-state index in [1.165, 1.54) is 31.3 Å². The monoisotopic (exact) mass is 545 g/mol. The minimum Gasteiger partial charge on any atom is -0.345 e. The van der Waals surface area contributed by atoms with Crippen molar-refractivity contribution < 1.29 is 17.6 Å². The molecule has 0 saturated carbocycles. The van der Waals surface area contributed by atoms with Gasteiger partial charge >= 0.3 is 0 Å². The summed E-state index contributed by atoms with van der Waals surface area (Å²) in [7, 11) is 2.52. The summed E-state index contributed by atoms with van der Waals surface area (Å²) >= 11 is 0. The van der Waals surface area contributed by atoms with E-state index in [-0.39, 0.29) is 54.5 Å². The molecule has 0 spiro atoms. The topological polar surface area (TPSA) is 102 Å². The van der Waals surface area contributed by atoms with Crippen LogP contribution in [-0.2, 0) is 16.6 Å². The van der Waals surface area contributed by atoms with E-state index in [1.54, 1.807) is 49.1 Å². The van der Waals surface area contributed by atoms with Gasteiger partial charge in [0, 0.05) is 80.4 Å². The van der Waals surface area contributed by atoms with E-state index in [9.17, 15) is 17.6 Å². The van der Waals surface area contributed by atoms with Gasteiger partial charge in [0.2, 0.25) is 10.0 Å². The summed E-state index contributed by atoms with van der Waals surface area (Å²) in [6, 6.07) is 6.75. The highest BCUT2D eigenvalue weighted by molar-refractivity contribution is 7.89. The Bertz CT molecular complexity index is 1350. The van der Waals surface area contributed by atoms with E-state index in [0.717, 1.165) is 4.31 Å². The number of hydrogen-bond donors (Lipinski definition) is 1. The second-order valence-electron chi connectivity index (χ2n) is 8.06. The molecule has 0 aliphatic rings. The number of rotatable bonds is 7. The Labute approximate surface area is 217 Å². The van der Waals surface area contributed by atoms with Crippen molar-refractivity contribution in [1.82, 2.24) is 18.8 Å². The number of allylic oxidation sites excluding steroid dienone is 1. The molecule has 1 aromatic carbocycles. The lowest BCUT2D eigenvalue weighted by Gasteiger charge is -2.12. The molecule has 35 heavy (non-hydrogen) atoms. The highest BCUT2D eigenvalue weighted by Crippen LogP contribution is 2.36. The number of pyridine rings is 1. The highest BCUT2D eigenvalue weighted by atomic mass is 35.5. The molecule has 0 saturated heterocycles. The number of halogens is 3. The predicted octanol–water partition coefficient (Wildman–Crippen LogP) is 3.62. The maximum Gasteiger partial charge on any atom is 0.253 e. The molecular weight excluding hydrogens is 516 g/mol. The molecule has 2 heterocycles. The zero-order chi connectivity index (χ0) is 24.5. The molecule has 12 heteroatoms. The number of hydrogen-bond acceptors (Lipinski definition) is 5. The molecule has 0 unspecified atom stereocenters. The van der Waals surface area contributed by atoms with Gasteiger partial charge in [0.15, 0.2) is 0 Å². The molecular formula is C23H30Cl2FN5O3S. The molecule has 0 bridgehead atoms. The van der Waals surface area contributed by atoms with Crippen molar-refractivity contribution in [2.45, 2.75) is 18.4 Å². The lowest BCUT2D eigenvalue weighted by Crippen LogP contribution is -2.22. The summed E-state index contributed by atoms with van der Waals surface area (Å²) < 4.78 is 42.7. The molecule has 0 aliphatic heterocycles. The van der Waals surface area contributed by atoms with Crippen molar-refractivity contribution in [3.05, 3.63) is 59.8 Å². The van der Waals surface area contributed by atoms with Crippen molar-refractivity contribution >= 4 is 51.6 Å². The third kappa shape index (κ3) is 6.02. The van der Waals surface area contributed by atoms with Gasteiger partial charge in [-0.25, -0.2) is 17.1 Å². The Hall–Kier alpha value is -2.50. The van der Waals surface area contributed by atoms with E-state index >= 15 is 0 Å². The third-order valence-corrected chi connectivity index (χ3v) is 7.19. The fourth-order valence-electron chi connectivity index (χ4n) is 3.69. The van der Waals surface area contributed by atoms with Crippen LogP contribution < -0.4 is 5.73 Å². The first-order chi connectivity index (χ1) is 15.5. The van der Waals surface area contributed by atoms with Gasteiger partial charge in [-0.15, -0.1) is 24.8 Å². The van der Waals surface area contributed by atoms with Crippen LogP contribution in [0.3, 0.4) is 0 Å². The SMILES string of the molecule is Cc1c(-c2cncc(S(=O)(=O)N(C)C)c2)c2cc(C(=O)N(C)C)ccc2n1C/C(F)=C/CN.Cl.Cl. The number of aromatic nitrogens is 2. The number of nitrogens with zero attached hydrogens (tertiary/aromatic N) is 4. The first-order valence-corrected chi connectivity index (χ1v) is 11.7. The van der Waals surface area contributed by atoms with Crippen LogP contribution in [0.2, 0.25) is 0 Å². The molecule has 0 fully saturated rings. The van der Waals surface area contributed by atoms with Crippen molar-refractivity contribution in [3.8, 4) is 11.1 Å². The lowest BCUT2D eigenvalue weighted by atomic mass is 10.0. The Morgan fingerprint density at radius 3 is 2.37 bits per heavy atom. The summed E-state index contributed by atoms with van der Waals surface area (Å²) in [6.07, 6.45) is 4.16. The van der Waals surface area contributed by atoms with E-state index in [4.69, 9.17) is 5.73 Å². The molecule has 0 radical (unpaired) electrons. The molecule has 3 rings (SSSR count). The Morgan fingerprint density at radius 1 is 1.14 bits per heavy atom. The number of fused-ring (bicyclic) bond motifs is 1. The van der Waals surface area contributed by atoms with Crippen LogP contribution in [0.4, 0.5) is 4.39 Å². The largest absolute Gasteiger partial charge is 0.345 e. The normalized spacial score (nSPS) is 11.8. The number of sulfonamides is 1. The number of amides is 1. The smallest absolute Gasteiger partial charge is 0.253 e. The van der Waals surface area contributed by atoms with Gasteiger partial charge in [-0.2, -0.15) is 0 Å². The first-order valence-electron chi connectivity index (χ1n) is 10.3. The maximum absolute atomic E-state index is 14.4. The van der Waals surface area contributed by atoms with Gasteiger partial charge in [-0.05, 0) is 37.3 Å². The molecule has 8 nitrogen and oxygen atoms in total. The molecule has 3 aromatic rings. The van der Waals surface area contributed by atoms with Gasteiger partial charge in [-0.1, -0.05) is 0 Å². The van der Waals surface area contributed by atoms with Crippen molar-refractivity contribution in [2.75, 3.05) is 34.7 Å². The standard InChI is InChI=1S/C23H28FN5O3S.2ClH/c1-15-22(17-10-19(13-26-12-17)33(31,32)28(4)5)20-11-16(23(30)27(2)3)6-7-21(20)29(15)14-18(24)8-9-25;;/h6-8,10-13H,9,14,25H2,1-5H3;2*1H/b18-8-;;. The van der Waals surface area contributed by atoms with Crippen molar-refractivity contribution in [3.63, 3.8) is 0 Å². The zero-order valence-electron chi connectivity index (χ0n) is 20.1. The third-order valence-electron chi connectivity index (χ3n) is 5.41. The summed E-state index contributed by atoms with van der Waals surface area (Å²) in [4.78, 5) is 18.3. The number of carbonyl (C=O) groups excluding carboxylic acids is 1. The number of nitrogens with two attached hydrogens (primary N) is 1. The maximum atomic E-state index is 14.4. The highest BCUT2D eigenvalue weighted by Gasteiger charge is 2.22. The number of carbonyl (C=O) groups is 1. The molecule has 0 aliphatic carbocycles. The van der Waals surface area contributed by atoms with Gasteiger partial charge < -0.3 is 15.2 Å². The average Bonchev–Trinajstić information content (AvgIpc) is 3.03. The lowest BCUT2D eigenvalue weighted by molar-refractivity contribution is 0.0827. The second kappa shape index (κ2) is 12.0. The molecule has 192 valence electrons. The summed E-state index contributed by atoms with van der Waals surface area (Å²) in [5.74, 6) is -0.566. The quantitative estimate of drug-likeness (QED) is 0.488. The molecule has 1 amide bonds. The van der Waals surface area contributed by atoms with Crippen LogP contribution in [0.1, 0.15) is 16.1 Å².